The fraction of sp³-hybridized carbons (Fsp3) is 0.211. The van der Waals surface area contributed by atoms with Crippen molar-refractivity contribution in [2.24, 2.45) is 0 Å². The highest BCUT2D eigenvalue weighted by Crippen LogP contribution is 2.16. The first-order chi connectivity index (χ1) is 12.1. The van der Waals surface area contributed by atoms with Crippen LogP contribution in [0, 0.1) is 6.92 Å². The highest BCUT2D eigenvalue weighted by atomic mass is 16.5. The number of H-pyrrole nitrogens is 1. The number of anilines is 1. The van der Waals surface area contributed by atoms with Crippen molar-refractivity contribution >= 4 is 28.6 Å². The lowest BCUT2D eigenvalue weighted by Crippen LogP contribution is -2.32. The summed E-state index contributed by atoms with van der Waals surface area (Å²) < 4.78 is 5.40. The van der Waals surface area contributed by atoms with E-state index in [4.69, 9.17) is 4.74 Å². The van der Waals surface area contributed by atoms with Gasteiger partial charge in [0.25, 0.3) is 5.91 Å². The molecule has 128 valence electrons. The van der Waals surface area contributed by atoms with Gasteiger partial charge in [0.15, 0.2) is 6.10 Å². The Kier molecular flexibility index (Phi) is 4.79. The van der Waals surface area contributed by atoms with Gasteiger partial charge in [-0.25, -0.2) is 9.78 Å². The Morgan fingerprint density at radius 1 is 1.24 bits per heavy atom. The van der Waals surface area contributed by atoms with Gasteiger partial charge in [0.05, 0.1) is 22.9 Å². The molecule has 25 heavy (non-hydrogen) atoms. The third-order valence-electron chi connectivity index (χ3n) is 3.97. The summed E-state index contributed by atoms with van der Waals surface area (Å²) in [5.74, 6) is -0.879. The third kappa shape index (κ3) is 3.68. The first kappa shape index (κ1) is 16.7. The van der Waals surface area contributed by atoms with Gasteiger partial charge < -0.3 is 15.0 Å². The number of rotatable bonds is 5. The molecule has 1 heterocycles. The zero-order valence-electron chi connectivity index (χ0n) is 14.1. The quantitative estimate of drug-likeness (QED) is 0.699. The maximum Gasteiger partial charge on any atom is 0.338 e. The minimum Gasteiger partial charge on any atom is -0.449 e. The van der Waals surface area contributed by atoms with Crippen molar-refractivity contribution in [1.29, 1.82) is 0 Å². The molecule has 0 saturated heterocycles. The lowest BCUT2D eigenvalue weighted by atomic mass is 10.1. The van der Waals surface area contributed by atoms with Crippen molar-refractivity contribution < 1.29 is 14.3 Å². The van der Waals surface area contributed by atoms with Crippen LogP contribution in [-0.2, 0) is 9.53 Å². The number of ether oxygens (including phenoxy) is 1. The second kappa shape index (κ2) is 7.17. The monoisotopic (exact) mass is 337 g/mol. The van der Waals surface area contributed by atoms with Crippen molar-refractivity contribution in [3.05, 3.63) is 59.9 Å². The van der Waals surface area contributed by atoms with Crippen LogP contribution in [0.3, 0.4) is 0 Å². The number of carbonyl (C=O) groups excluding carboxylic acids is 2. The van der Waals surface area contributed by atoms with Crippen molar-refractivity contribution in [3.63, 3.8) is 0 Å². The lowest BCUT2D eigenvalue weighted by molar-refractivity contribution is -0.124. The Labute approximate surface area is 145 Å². The Bertz CT molecular complexity index is 917. The number of imidazole rings is 1. The number of aromatic amines is 1. The number of carbonyl (C=O) groups is 2. The van der Waals surface area contributed by atoms with Gasteiger partial charge in [0.2, 0.25) is 0 Å². The molecule has 6 heteroatoms. The van der Waals surface area contributed by atoms with Crippen LogP contribution in [0.15, 0.2) is 48.8 Å². The predicted molar refractivity (Wildman–Crippen MR) is 95.4 cm³/mol. The molecule has 0 radical (unpaired) electrons. The fourth-order valence-electron chi connectivity index (χ4n) is 2.51. The van der Waals surface area contributed by atoms with E-state index in [0.717, 1.165) is 16.6 Å². The molecule has 0 bridgehead atoms. The van der Waals surface area contributed by atoms with Gasteiger partial charge in [-0.2, -0.15) is 0 Å². The van der Waals surface area contributed by atoms with Gasteiger partial charge in [-0.3, -0.25) is 4.79 Å². The SMILES string of the molecule is CCC(OC(=O)c1ccc2nc[nH]c2c1)C(=O)Nc1ccccc1C. The second-order valence-electron chi connectivity index (χ2n) is 5.74. The van der Waals surface area contributed by atoms with Crippen molar-refractivity contribution in [3.8, 4) is 0 Å². The zero-order valence-corrected chi connectivity index (χ0v) is 14.1. The van der Waals surface area contributed by atoms with Crippen molar-refractivity contribution in [2.75, 3.05) is 5.32 Å². The molecule has 6 nitrogen and oxygen atoms in total. The van der Waals surface area contributed by atoms with Gasteiger partial charge in [-0.15, -0.1) is 0 Å². The smallest absolute Gasteiger partial charge is 0.338 e. The number of aryl methyl sites for hydroxylation is 1. The molecule has 1 unspecified atom stereocenters. The number of para-hydroxylation sites is 1. The zero-order chi connectivity index (χ0) is 17.8. The van der Waals surface area contributed by atoms with E-state index in [-0.39, 0.29) is 5.91 Å². The molecule has 2 N–H and O–H groups in total. The molecule has 1 atom stereocenters. The number of aromatic nitrogens is 2. The molecular weight excluding hydrogens is 318 g/mol. The summed E-state index contributed by atoms with van der Waals surface area (Å²) in [5.41, 5.74) is 3.54. The molecule has 0 aliphatic rings. The molecule has 0 aliphatic carbocycles. The summed E-state index contributed by atoms with van der Waals surface area (Å²) in [6, 6.07) is 12.5. The summed E-state index contributed by atoms with van der Waals surface area (Å²) in [4.78, 5) is 31.8. The van der Waals surface area contributed by atoms with Crippen LogP contribution in [0.25, 0.3) is 11.0 Å². The average molecular weight is 337 g/mol. The first-order valence-corrected chi connectivity index (χ1v) is 8.09. The van der Waals surface area contributed by atoms with Crippen LogP contribution < -0.4 is 5.32 Å². The average Bonchev–Trinajstić information content (AvgIpc) is 3.09. The summed E-state index contributed by atoms with van der Waals surface area (Å²) in [5, 5.41) is 2.81. The number of hydrogen-bond donors (Lipinski definition) is 2. The van der Waals surface area contributed by atoms with Crippen LogP contribution >= 0.6 is 0 Å². The van der Waals surface area contributed by atoms with Crippen molar-refractivity contribution in [1.82, 2.24) is 9.97 Å². The predicted octanol–water partition coefficient (Wildman–Crippen LogP) is 3.45. The van der Waals surface area contributed by atoms with Crippen molar-refractivity contribution in [2.45, 2.75) is 26.4 Å². The van der Waals surface area contributed by atoms with E-state index in [0.29, 0.717) is 17.7 Å². The highest BCUT2D eigenvalue weighted by Gasteiger charge is 2.22. The first-order valence-electron chi connectivity index (χ1n) is 8.09. The van der Waals surface area contributed by atoms with E-state index in [9.17, 15) is 9.59 Å². The number of nitrogens with zero attached hydrogens (tertiary/aromatic N) is 1. The number of esters is 1. The summed E-state index contributed by atoms with van der Waals surface area (Å²) in [6.45, 7) is 3.70. The number of hydrogen-bond acceptors (Lipinski definition) is 4. The summed E-state index contributed by atoms with van der Waals surface area (Å²) in [7, 11) is 0. The maximum absolute atomic E-state index is 12.4. The molecule has 0 aliphatic heterocycles. The van der Waals surface area contributed by atoms with Crippen LogP contribution in [0.1, 0.15) is 29.3 Å². The number of nitrogens with one attached hydrogen (secondary N) is 2. The number of amides is 1. The molecule has 0 fully saturated rings. The Morgan fingerprint density at radius 3 is 2.80 bits per heavy atom. The third-order valence-corrected chi connectivity index (χ3v) is 3.97. The molecule has 1 aromatic heterocycles. The van der Waals surface area contributed by atoms with Gasteiger partial charge in [-0.1, -0.05) is 25.1 Å². The Morgan fingerprint density at radius 2 is 2.04 bits per heavy atom. The standard InChI is InChI=1S/C19H19N3O3/c1-3-17(18(23)22-14-7-5-4-6-12(14)2)25-19(24)13-8-9-15-16(10-13)21-11-20-15/h4-11,17H,3H2,1-2H3,(H,20,21)(H,22,23). The maximum atomic E-state index is 12.4. The molecule has 3 aromatic rings. The Hall–Kier alpha value is -3.15. The molecular formula is C19H19N3O3. The van der Waals surface area contributed by atoms with Gasteiger partial charge in [-0.05, 0) is 43.2 Å². The van der Waals surface area contributed by atoms with Crippen LogP contribution in [0.2, 0.25) is 0 Å². The Balaban J connectivity index is 1.71. The lowest BCUT2D eigenvalue weighted by Gasteiger charge is -2.17. The van der Waals surface area contributed by atoms with Crippen LogP contribution in [-0.4, -0.2) is 27.9 Å². The largest absolute Gasteiger partial charge is 0.449 e. The number of benzene rings is 2. The summed E-state index contributed by atoms with van der Waals surface area (Å²) >= 11 is 0. The second-order valence-corrected chi connectivity index (χ2v) is 5.74. The van der Waals surface area contributed by atoms with E-state index < -0.39 is 12.1 Å². The molecule has 3 rings (SSSR count). The van der Waals surface area contributed by atoms with Gasteiger partial charge in [0.1, 0.15) is 0 Å². The van der Waals surface area contributed by atoms with E-state index >= 15 is 0 Å². The van der Waals surface area contributed by atoms with Gasteiger partial charge >= 0.3 is 5.97 Å². The van der Waals surface area contributed by atoms with Gasteiger partial charge in [0, 0.05) is 5.69 Å². The highest BCUT2D eigenvalue weighted by molar-refractivity contribution is 5.99. The molecule has 0 saturated carbocycles. The van der Waals surface area contributed by atoms with E-state index in [1.54, 1.807) is 31.5 Å². The minimum absolute atomic E-state index is 0.340. The van der Waals surface area contributed by atoms with Crippen LogP contribution in [0.4, 0.5) is 5.69 Å². The molecule has 2 aromatic carbocycles. The normalized spacial score (nSPS) is 11.9. The molecule has 0 spiro atoms. The minimum atomic E-state index is -0.857. The van der Waals surface area contributed by atoms with E-state index in [1.165, 1.54) is 0 Å². The van der Waals surface area contributed by atoms with E-state index in [1.807, 2.05) is 31.2 Å². The molecule has 1 amide bonds. The number of fused-ring (bicyclic) bond motifs is 1. The topological polar surface area (TPSA) is 84.1 Å². The fourth-order valence-corrected chi connectivity index (χ4v) is 2.51. The summed E-state index contributed by atoms with van der Waals surface area (Å²) in [6.07, 6.45) is 1.09. The van der Waals surface area contributed by atoms with Crippen LogP contribution in [0.5, 0.6) is 0 Å². The van der Waals surface area contributed by atoms with E-state index in [2.05, 4.69) is 15.3 Å².